The van der Waals surface area contributed by atoms with Crippen molar-refractivity contribution in [3.63, 3.8) is 0 Å². The Hall–Kier alpha value is -3.13. The number of hydrogen-bond donors (Lipinski definition) is 2. The third kappa shape index (κ3) is 7.18. The maximum Gasteiger partial charge on any atom is 0.410 e. The molecule has 0 aromatic heterocycles. The number of nitriles is 1. The smallest absolute Gasteiger partial charge is 0.410 e. The number of amides is 1. The summed E-state index contributed by atoms with van der Waals surface area (Å²) in [6.45, 7) is 6.73. The van der Waals surface area contributed by atoms with Crippen LogP contribution in [0, 0.1) is 11.5 Å². The fourth-order valence-electron chi connectivity index (χ4n) is 3.77. The summed E-state index contributed by atoms with van der Waals surface area (Å²) in [6, 6.07) is 16.0. The van der Waals surface area contributed by atoms with Crippen LogP contribution in [0.5, 0.6) is 0 Å². The molecule has 1 aliphatic rings. The lowest BCUT2D eigenvalue weighted by atomic mass is 9.97. The van der Waals surface area contributed by atoms with Crippen molar-refractivity contribution in [3.05, 3.63) is 71.3 Å². The zero-order chi connectivity index (χ0) is 24.8. The summed E-state index contributed by atoms with van der Waals surface area (Å²) in [5, 5.41) is 9.44. The highest BCUT2D eigenvalue weighted by atomic mass is 32.2. The molecular weight excluding hydrogens is 454 g/mol. The van der Waals surface area contributed by atoms with Crippen LogP contribution < -0.4 is 10.3 Å². The van der Waals surface area contributed by atoms with Crippen molar-refractivity contribution in [1.82, 2.24) is 20.1 Å². The highest BCUT2D eigenvalue weighted by Gasteiger charge is 2.35. The molecule has 182 valence electrons. The number of hydrazine groups is 1. The number of carbonyl (C=O) groups excluding carboxylic acids is 1. The van der Waals surface area contributed by atoms with Crippen LogP contribution in [0.4, 0.5) is 4.79 Å². The molecule has 0 saturated carbocycles. The first-order chi connectivity index (χ1) is 16.1. The molecule has 3 rings (SSSR count). The molecule has 10 heteroatoms. The molecule has 1 unspecified atom stereocenters. The fourth-order valence-corrected chi connectivity index (χ4v) is 4.77. The van der Waals surface area contributed by atoms with Gasteiger partial charge in [-0.1, -0.05) is 54.6 Å². The van der Waals surface area contributed by atoms with Crippen LogP contribution in [0.1, 0.15) is 43.5 Å². The van der Waals surface area contributed by atoms with Gasteiger partial charge in [0.1, 0.15) is 5.60 Å². The number of ether oxygens (including phenoxy) is 1. The molecule has 1 saturated heterocycles. The van der Waals surface area contributed by atoms with Gasteiger partial charge in [0, 0.05) is 19.6 Å². The molecule has 1 fully saturated rings. The van der Waals surface area contributed by atoms with E-state index in [1.165, 1.54) is 0 Å². The average Bonchev–Trinajstić information content (AvgIpc) is 2.78. The summed E-state index contributed by atoms with van der Waals surface area (Å²) in [5.74, 6) is -0.144. The minimum atomic E-state index is -3.60. The zero-order valence-corrected chi connectivity index (χ0v) is 20.5. The van der Waals surface area contributed by atoms with Gasteiger partial charge in [0.25, 0.3) is 0 Å². The molecular formula is C24H31N5O4S. The second kappa shape index (κ2) is 10.9. The van der Waals surface area contributed by atoms with Gasteiger partial charge in [0.15, 0.2) is 6.19 Å². The van der Waals surface area contributed by atoms with E-state index in [1.54, 1.807) is 34.1 Å². The molecule has 2 N–H and O–H groups in total. The third-order valence-electron chi connectivity index (χ3n) is 5.27. The topological polar surface area (TPSA) is 115 Å². The molecule has 1 amide bonds. The van der Waals surface area contributed by atoms with Crippen LogP contribution in [0.3, 0.4) is 0 Å². The Bertz CT molecular complexity index is 1130. The molecule has 2 aromatic carbocycles. The van der Waals surface area contributed by atoms with Crippen molar-refractivity contribution in [2.45, 2.75) is 44.7 Å². The summed E-state index contributed by atoms with van der Waals surface area (Å²) in [6.07, 6.45) is 1.72. The highest BCUT2D eigenvalue weighted by molar-refractivity contribution is 7.88. The van der Waals surface area contributed by atoms with Gasteiger partial charge in [0.2, 0.25) is 10.0 Å². The molecule has 0 aliphatic carbocycles. The Kier molecular flexibility index (Phi) is 8.15. The van der Waals surface area contributed by atoms with Crippen LogP contribution >= 0.6 is 0 Å². The Morgan fingerprint density at radius 1 is 1.12 bits per heavy atom. The summed E-state index contributed by atoms with van der Waals surface area (Å²) in [5.41, 5.74) is 4.47. The first-order valence-corrected chi connectivity index (χ1v) is 12.7. The number of hydrogen-bond acceptors (Lipinski definition) is 7. The molecule has 0 bridgehead atoms. The summed E-state index contributed by atoms with van der Waals surface area (Å²) >= 11 is 0. The number of nitrogens with one attached hydrogen (secondary N) is 2. The van der Waals surface area contributed by atoms with Crippen molar-refractivity contribution in [2.75, 3.05) is 19.6 Å². The summed E-state index contributed by atoms with van der Waals surface area (Å²) in [4.78, 5) is 18.6. The Labute approximate surface area is 201 Å². The summed E-state index contributed by atoms with van der Waals surface area (Å²) in [7, 11) is -3.60. The highest BCUT2D eigenvalue weighted by Crippen LogP contribution is 2.29. The van der Waals surface area contributed by atoms with Crippen molar-refractivity contribution >= 4 is 16.1 Å². The predicted octanol–water partition coefficient (Wildman–Crippen LogP) is 2.89. The molecule has 0 spiro atoms. The zero-order valence-electron chi connectivity index (χ0n) is 19.7. The lowest BCUT2D eigenvalue weighted by Gasteiger charge is -2.40. The quantitative estimate of drug-likeness (QED) is 0.458. The Morgan fingerprint density at radius 3 is 2.47 bits per heavy atom. The lowest BCUT2D eigenvalue weighted by molar-refractivity contribution is 0.00364. The standard InChI is InChI=1S/C24H31N5O4S/c1-24(2,3)33-23(30)29-14-13-28(18-25)16-22(29)21-12-8-7-11-20(21)15-26-27-34(31,32)17-19-9-5-4-6-10-19/h4-12,22,26-27H,13-17H2,1-3H3. The van der Waals surface area contributed by atoms with Crippen LogP contribution in [0.25, 0.3) is 0 Å². The second-order valence-electron chi connectivity index (χ2n) is 9.13. The minimum Gasteiger partial charge on any atom is -0.444 e. The number of sulfonamides is 1. The van der Waals surface area contributed by atoms with E-state index in [0.717, 1.165) is 11.1 Å². The minimum absolute atomic E-state index is 0.144. The van der Waals surface area contributed by atoms with Crippen molar-refractivity contribution in [2.24, 2.45) is 0 Å². The van der Waals surface area contributed by atoms with Gasteiger partial charge in [-0.15, -0.1) is 0 Å². The van der Waals surface area contributed by atoms with Gasteiger partial charge in [-0.2, -0.15) is 10.1 Å². The third-order valence-corrected chi connectivity index (χ3v) is 6.44. The fraction of sp³-hybridized carbons (Fsp3) is 0.417. The van der Waals surface area contributed by atoms with E-state index in [1.807, 2.05) is 51.1 Å². The molecule has 34 heavy (non-hydrogen) atoms. The van der Waals surface area contributed by atoms with E-state index < -0.39 is 27.8 Å². The lowest BCUT2D eigenvalue weighted by Crippen LogP contribution is -2.50. The van der Waals surface area contributed by atoms with E-state index in [9.17, 15) is 18.5 Å². The molecule has 1 heterocycles. The van der Waals surface area contributed by atoms with E-state index in [-0.39, 0.29) is 12.3 Å². The second-order valence-corrected chi connectivity index (χ2v) is 10.9. The maximum absolute atomic E-state index is 12.9. The Balaban J connectivity index is 1.75. The molecule has 1 atom stereocenters. The number of piperazine rings is 1. The van der Waals surface area contributed by atoms with Crippen molar-refractivity contribution in [3.8, 4) is 6.19 Å². The van der Waals surface area contributed by atoms with E-state index >= 15 is 0 Å². The van der Waals surface area contributed by atoms with Gasteiger partial charge < -0.3 is 9.64 Å². The number of benzene rings is 2. The van der Waals surface area contributed by atoms with Gasteiger partial charge in [-0.3, -0.25) is 4.90 Å². The SMILES string of the molecule is CC(C)(C)OC(=O)N1CCN(C#N)CC1c1ccccc1CNNS(=O)(=O)Cc1ccccc1. The van der Waals surface area contributed by atoms with Gasteiger partial charge in [-0.25, -0.2) is 18.6 Å². The molecule has 9 nitrogen and oxygen atoms in total. The number of nitrogens with zero attached hydrogens (tertiary/aromatic N) is 3. The van der Waals surface area contributed by atoms with E-state index in [2.05, 4.69) is 16.5 Å². The predicted molar refractivity (Wildman–Crippen MR) is 128 cm³/mol. The van der Waals surface area contributed by atoms with Crippen LogP contribution in [-0.4, -0.2) is 49.5 Å². The summed E-state index contributed by atoms with van der Waals surface area (Å²) < 4.78 is 30.5. The van der Waals surface area contributed by atoms with Gasteiger partial charge in [-0.05, 0) is 37.5 Å². The average molecular weight is 486 g/mol. The van der Waals surface area contributed by atoms with Crippen LogP contribution in [0.2, 0.25) is 0 Å². The van der Waals surface area contributed by atoms with E-state index in [0.29, 0.717) is 25.2 Å². The van der Waals surface area contributed by atoms with Crippen LogP contribution in [0.15, 0.2) is 54.6 Å². The number of carbonyl (C=O) groups is 1. The maximum atomic E-state index is 12.9. The molecule has 2 aromatic rings. The van der Waals surface area contributed by atoms with Gasteiger partial charge in [0.05, 0.1) is 18.3 Å². The van der Waals surface area contributed by atoms with Crippen molar-refractivity contribution in [1.29, 1.82) is 5.26 Å². The Morgan fingerprint density at radius 2 is 1.79 bits per heavy atom. The van der Waals surface area contributed by atoms with Gasteiger partial charge >= 0.3 is 6.09 Å². The molecule has 1 aliphatic heterocycles. The normalized spacial score (nSPS) is 16.7. The van der Waals surface area contributed by atoms with Crippen LogP contribution in [-0.2, 0) is 27.1 Å². The first-order valence-electron chi connectivity index (χ1n) is 11.1. The number of rotatable bonds is 7. The van der Waals surface area contributed by atoms with Crippen molar-refractivity contribution < 1.29 is 17.9 Å². The first kappa shape index (κ1) is 25.5. The largest absolute Gasteiger partial charge is 0.444 e. The monoisotopic (exact) mass is 485 g/mol. The molecule has 0 radical (unpaired) electrons. The van der Waals surface area contributed by atoms with E-state index in [4.69, 9.17) is 4.74 Å².